The van der Waals surface area contributed by atoms with Gasteiger partial charge in [0.05, 0.1) is 50.8 Å². The molecule has 4 aliphatic heterocycles. The second kappa shape index (κ2) is 8.81. The molecule has 0 saturated carbocycles. The van der Waals surface area contributed by atoms with Gasteiger partial charge in [-0.1, -0.05) is 48.5 Å². The molecule has 0 spiro atoms. The first kappa shape index (κ1) is 22.1. The third kappa shape index (κ3) is 4.85. The standard InChI is InChI=1S/C32H30O5/c1-5-27-21(9-19(1)11-23-15-33-23)3-7-31(29(27)13-25-17-35-25)37-32-8-4-22-10-20(12-24-16-34-24)2-6-28(22)30(32)14-26-18-36-26/h1-10,23-26H,11-18H2. The molecule has 4 aliphatic rings. The Kier molecular flexibility index (Phi) is 5.25. The first-order valence-corrected chi connectivity index (χ1v) is 13.5. The molecule has 0 bridgehead atoms. The van der Waals surface area contributed by atoms with Crippen molar-refractivity contribution in [3.63, 3.8) is 0 Å². The molecule has 4 saturated heterocycles. The Morgan fingerprint density at radius 2 is 0.919 bits per heavy atom. The summed E-state index contributed by atoms with van der Waals surface area (Å²) in [4.78, 5) is 0. The molecule has 188 valence electrons. The lowest BCUT2D eigenvalue weighted by atomic mass is 9.96. The average molecular weight is 495 g/mol. The summed E-state index contributed by atoms with van der Waals surface area (Å²) in [5.74, 6) is 1.84. The largest absolute Gasteiger partial charge is 0.457 e. The molecule has 0 aromatic heterocycles. The highest BCUT2D eigenvalue weighted by Crippen LogP contribution is 2.39. The lowest BCUT2D eigenvalue weighted by Crippen LogP contribution is -2.03. The van der Waals surface area contributed by atoms with E-state index in [0.29, 0.717) is 12.2 Å². The first-order valence-electron chi connectivity index (χ1n) is 13.5. The number of fused-ring (bicyclic) bond motifs is 2. The smallest absolute Gasteiger partial charge is 0.131 e. The SMILES string of the molecule is c1cc2c(CC3CO3)c(Oc3ccc4cc(CC5CO5)ccc4c3CC3CO3)ccc2cc1CC1CO1. The molecule has 37 heavy (non-hydrogen) atoms. The van der Waals surface area contributed by atoms with Crippen LogP contribution in [0.3, 0.4) is 0 Å². The highest BCUT2D eigenvalue weighted by atomic mass is 16.6. The quantitative estimate of drug-likeness (QED) is 0.271. The van der Waals surface area contributed by atoms with Crippen LogP contribution in [-0.2, 0) is 44.6 Å². The molecular weight excluding hydrogens is 464 g/mol. The molecule has 4 atom stereocenters. The Balaban J connectivity index is 1.17. The van der Waals surface area contributed by atoms with Crippen LogP contribution in [0.4, 0.5) is 0 Å². The van der Waals surface area contributed by atoms with Crippen LogP contribution >= 0.6 is 0 Å². The van der Waals surface area contributed by atoms with Crippen LogP contribution in [0.5, 0.6) is 11.5 Å². The Morgan fingerprint density at radius 1 is 0.514 bits per heavy atom. The number of hydrogen-bond donors (Lipinski definition) is 0. The van der Waals surface area contributed by atoms with Crippen molar-refractivity contribution in [2.24, 2.45) is 0 Å². The van der Waals surface area contributed by atoms with E-state index in [1.54, 1.807) is 0 Å². The molecule has 0 amide bonds. The van der Waals surface area contributed by atoms with E-state index in [9.17, 15) is 0 Å². The van der Waals surface area contributed by atoms with E-state index in [1.165, 1.54) is 43.8 Å². The third-order valence-corrected chi connectivity index (χ3v) is 7.93. The van der Waals surface area contributed by atoms with Gasteiger partial charge in [0.25, 0.3) is 0 Å². The van der Waals surface area contributed by atoms with Crippen LogP contribution in [-0.4, -0.2) is 50.8 Å². The van der Waals surface area contributed by atoms with E-state index in [0.717, 1.165) is 63.6 Å². The topological polar surface area (TPSA) is 59.4 Å². The predicted molar refractivity (Wildman–Crippen MR) is 142 cm³/mol. The second-order valence-corrected chi connectivity index (χ2v) is 10.9. The van der Waals surface area contributed by atoms with Gasteiger partial charge in [-0.15, -0.1) is 0 Å². The van der Waals surface area contributed by atoms with Crippen molar-refractivity contribution in [3.8, 4) is 11.5 Å². The minimum atomic E-state index is 0.275. The molecule has 4 aromatic rings. The summed E-state index contributed by atoms with van der Waals surface area (Å²) in [6.07, 6.45) is 5.01. The van der Waals surface area contributed by atoms with Crippen molar-refractivity contribution in [1.82, 2.24) is 0 Å². The summed E-state index contributed by atoms with van der Waals surface area (Å²) in [6, 6.07) is 22.2. The van der Waals surface area contributed by atoms with Crippen molar-refractivity contribution < 1.29 is 23.7 Å². The summed E-state index contributed by atoms with van der Waals surface area (Å²) in [6.45, 7) is 3.40. The molecule has 4 aromatic carbocycles. The third-order valence-electron chi connectivity index (χ3n) is 7.93. The van der Waals surface area contributed by atoms with Crippen LogP contribution in [0.15, 0.2) is 60.7 Å². The maximum absolute atomic E-state index is 6.77. The normalized spacial score (nSPS) is 25.4. The lowest BCUT2D eigenvalue weighted by Gasteiger charge is -2.18. The average Bonchev–Trinajstić information content (AvgIpc) is 3.73. The molecular formula is C32H30O5. The molecule has 8 rings (SSSR count). The molecule has 4 heterocycles. The van der Waals surface area contributed by atoms with Gasteiger partial charge in [-0.3, -0.25) is 0 Å². The van der Waals surface area contributed by atoms with E-state index in [1.807, 2.05) is 0 Å². The highest BCUT2D eigenvalue weighted by Gasteiger charge is 2.29. The Bertz CT molecular complexity index is 1380. The zero-order chi connectivity index (χ0) is 24.3. The van der Waals surface area contributed by atoms with Gasteiger partial charge in [0.2, 0.25) is 0 Å². The van der Waals surface area contributed by atoms with Crippen LogP contribution in [0.1, 0.15) is 22.3 Å². The maximum Gasteiger partial charge on any atom is 0.131 e. The molecule has 4 unspecified atom stereocenters. The van der Waals surface area contributed by atoms with Crippen molar-refractivity contribution in [1.29, 1.82) is 0 Å². The van der Waals surface area contributed by atoms with Gasteiger partial charge in [0.15, 0.2) is 0 Å². The zero-order valence-corrected chi connectivity index (χ0v) is 20.8. The van der Waals surface area contributed by atoms with Crippen LogP contribution < -0.4 is 4.74 Å². The maximum atomic E-state index is 6.77. The van der Waals surface area contributed by atoms with Crippen molar-refractivity contribution in [3.05, 3.63) is 82.9 Å². The Hall–Kier alpha value is -2.96. The molecule has 4 fully saturated rings. The second-order valence-electron chi connectivity index (χ2n) is 10.9. The molecule has 5 nitrogen and oxygen atoms in total. The van der Waals surface area contributed by atoms with Gasteiger partial charge >= 0.3 is 0 Å². The van der Waals surface area contributed by atoms with E-state index in [-0.39, 0.29) is 12.2 Å². The zero-order valence-electron chi connectivity index (χ0n) is 20.8. The summed E-state index contributed by atoms with van der Waals surface area (Å²) in [5.41, 5.74) is 5.10. The number of ether oxygens (including phenoxy) is 5. The first-order chi connectivity index (χ1) is 18.2. The van der Waals surface area contributed by atoms with E-state index in [2.05, 4.69) is 60.7 Å². The van der Waals surface area contributed by atoms with Crippen LogP contribution in [0, 0.1) is 0 Å². The predicted octanol–water partition coefficient (Wildman–Crippen LogP) is 5.55. The minimum absolute atomic E-state index is 0.275. The summed E-state index contributed by atoms with van der Waals surface area (Å²) >= 11 is 0. The monoisotopic (exact) mass is 494 g/mol. The van der Waals surface area contributed by atoms with Crippen molar-refractivity contribution >= 4 is 21.5 Å². The minimum Gasteiger partial charge on any atom is -0.457 e. The highest BCUT2D eigenvalue weighted by molar-refractivity contribution is 5.90. The summed E-state index contributed by atoms with van der Waals surface area (Å²) < 4.78 is 28.9. The van der Waals surface area contributed by atoms with E-state index < -0.39 is 0 Å². The van der Waals surface area contributed by atoms with Crippen molar-refractivity contribution in [2.75, 3.05) is 26.4 Å². The Morgan fingerprint density at radius 3 is 1.32 bits per heavy atom. The Labute approximate surface area is 216 Å². The lowest BCUT2D eigenvalue weighted by molar-refractivity contribution is 0.399. The molecule has 5 heteroatoms. The van der Waals surface area contributed by atoms with E-state index in [4.69, 9.17) is 23.7 Å². The fraction of sp³-hybridized carbons (Fsp3) is 0.375. The number of rotatable bonds is 10. The van der Waals surface area contributed by atoms with Gasteiger partial charge in [-0.2, -0.15) is 0 Å². The number of benzene rings is 4. The number of hydrogen-bond acceptors (Lipinski definition) is 5. The van der Waals surface area contributed by atoms with Gasteiger partial charge in [0, 0.05) is 36.8 Å². The summed E-state index contributed by atoms with van der Waals surface area (Å²) in [7, 11) is 0. The number of epoxide rings is 4. The van der Waals surface area contributed by atoms with Crippen molar-refractivity contribution in [2.45, 2.75) is 50.1 Å². The van der Waals surface area contributed by atoms with Crippen LogP contribution in [0.25, 0.3) is 21.5 Å². The molecule has 0 N–H and O–H groups in total. The van der Waals surface area contributed by atoms with Crippen LogP contribution in [0.2, 0.25) is 0 Å². The fourth-order valence-corrected chi connectivity index (χ4v) is 5.56. The van der Waals surface area contributed by atoms with Gasteiger partial charge in [-0.25, -0.2) is 0 Å². The molecule has 0 radical (unpaired) electrons. The van der Waals surface area contributed by atoms with E-state index >= 15 is 0 Å². The molecule has 0 aliphatic carbocycles. The van der Waals surface area contributed by atoms with Gasteiger partial charge < -0.3 is 23.7 Å². The van der Waals surface area contributed by atoms with Gasteiger partial charge in [-0.05, 0) is 44.8 Å². The fourth-order valence-electron chi connectivity index (χ4n) is 5.56. The van der Waals surface area contributed by atoms with Gasteiger partial charge in [0.1, 0.15) is 11.5 Å². The summed E-state index contributed by atoms with van der Waals surface area (Å²) in [5, 5.41) is 4.98.